The standard InChI is InChI=1S/C14H13N3O/c1-17(2)10-12(8-15)14-16-9-13(18-14)11-6-4-3-5-7-11/h3-7,9-10H,1-2H3/b12-10-. The number of rotatable bonds is 3. The number of allylic oxidation sites excluding steroid dienone is 1. The molecule has 0 atom stereocenters. The Labute approximate surface area is 106 Å². The van der Waals surface area contributed by atoms with E-state index in [9.17, 15) is 0 Å². The summed E-state index contributed by atoms with van der Waals surface area (Å²) in [4.78, 5) is 5.92. The minimum Gasteiger partial charge on any atom is -0.435 e. The van der Waals surface area contributed by atoms with Crippen molar-refractivity contribution in [2.75, 3.05) is 14.1 Å². The Morgan fingerprint density at radius 2 is 2.06 bits per heavy atom. The van der Waals surface area contributed by atoms with Crippen LogP contribution in [0.25, 0.3) is 16.9 Å². The van der Waals surface area contributed by atoms with E-state index in [4.69, 9.17) is 9.68 Å². The average molecular weight is 239 g/mol. The van der Waals surface area contributed by atoms with Gasteiger partial charge in [0.1, 0.15) is 11.6 Å². The fourth-order valence-corrected chi connectivity index (χ4v) is 1.52. The maximum Gasteiger partial charge on any atom is 0.238 e. The maximum atomic E-state index is 9.06. The molecular formula is C14H13N3O. The molecule has 90 valence electrons. The van der Waals surface area contributed by atoms with E-state index in [1.54, 1.807) is 17.3 Å². The fraction of sp³-hybridized carbons (Fsp3) is 0.143. The van der Waals surface area contributed by atoms with Crippen LogP contribution in [0, 0.1) is 11.3 Å². The van der Waals surface area contributed by atoms with Crippen molar-refractivity contribution in [1.29, 1.82) is 5.26 Å². The molecule has 1 aromatic heterocycles. The van der Waals surface area contributed by atoms with E-state index in [1.807, 2.05) is 44.4 Å². The highest BCUT2D eigenvalue weighted by molar-refractivity contribution is 5.72. The first-order chi connectivity index (χ1) is 8.70. The Kier molecular flexibility index (Phi) is 3.44. The highest BCUT2D eigenvalue weighted by Gasteiger charge is 2.10. The van der Waals surface area contributed by atoms with Gasteiger partial charge in [-0.1, -0.05) is 30.3 Å². The Morgan fingerprint density at radius 1 is 1.33 bits per heavy atom. The number of hydrogen-bond donors (Lipinski definition) is 0. The molecule has 18 heavy (non-hydrogen) atoms. The largest absolute Gasteiger partial charge is 0.435 e. The van der Waals surface area contributed by atoms with Crippen molar-refractivity contribution >= 4 is 5.57 Å². The molecule has 0 radical (unpaired) electrons. The molecule has 4 nitrogen and oxygen atoms in total. The van der Waals surface area contributed by atoms with Crippen molar-refractivity contribution in [3.8, 4) is 17.4 Å². The molecule has 2 aromatic rings. The Bertz CT molecular complexity index is 591. The molecule has 0 saturated carbocycles. The van der Waals surface area contributed by atoms with E-state index in [-0.39, 0.29) is 0 Å². The zero-order valence-electron chi connectivity index (χ0n) is 10.3. The lowest BCUT2D eigenvalue weighted by Gasteiger charge is -2.03. The minimum atomic E-state index is 0.338. The van der Waals surface area contributed by atoms with E-state index >= 15 is 0 Å². The molecule has 1 aromatic carbocycles. The van der Waals surface area contributed by atoms with Gasteiger partial charge < -0.3 is 9.32 Å². The van der Waals surface area contributed by atoms with Crippen LogP contribution in [0.5, 0.6) is 0 Å². The van der Waals surface area contributed by atoms with E-state index < -0.39 is 0 Å². The van der Waals surface area contributed by atoms with Gasteiger partial charge in [0.2, 0.25) is 5.89 Å². The predicted octanol–water partition coefficient (Wildman–Crippen LogP) is 2.77. The quantitative estimate of drug-likeness (QED) is 0.773. The van der Waals surface area contributed by atoms with E-state index in [0.29, 0.717) is 17.2 Å². The number of benzene rings is 1. The maximum absolute atomic E-state index is 9.06. The number of nitrogens with zero attached hydrogens (tertiary/aromatic N) is 3. The third-order valence-corrected chi connectivity index (χ3v) is 2.30. The second-order valence-corrected chi connectivity index (χ2v) is 4.01. The predicted molar refractivity (Wildman–Crippen MR) is 69.2 cm³/mol. The Morgan fingerprint density at radius 3 is 2.67 bits per heavy atom. The van der Waals surface area contributed by atoms with Crippen LogP contribution in [0.4, 0.5) is 0 Å². The smallest absolute Gasteiger partial charge is 0.238 e. The summed E-state index contributed by atoms with van der Waals surface area (Å²) >= 11 is 0. The summed E-state index contributed by atoms with van der Waals surface area (Å²) in [7, 11) is 3.69. The SMILES string of the molecule is CN(C)/C=C(/C#N)c1ncc(-c2ccccc2)o1. The van der Waals surface area contributed by atoms with Crippen LogP contribution in [0.15, 0.2) is 47.1 Å². The van der Waals surface area contributed by atoms with E-state index in [2.05, 4.69) is 11.1 Å². The van der Waals surface area contributed by atoms with Crippen molar-refractivity contribution in [2.45, 2.75) is 0 Å². The van der Waals surface area contributed by atoms with Gasteiger partial charge in [-0.15, -0.1) is 0 Å². The van der Waals surface area contributed by atoms with Crippen LogP contribution in [0.2, 0.25) is 0 Å². The van der Waals surface area contributed by atoms with Crippen LogP contribution in [0.1, 0.15) is 5.89 Å². The molecule has 4 heteroatoms. The molecule has 0 unspecified atom stereocenters. The first-order valence-corrected chi connectivity index (χ1v) is 5.50. The number of hydrogen-bond acceptors (Lipinski definition) is 4. The molecule has 0 fully saturated rings. The zero-order valence-corrected chi connectivity index (χ0v) is 10.3. The first kappa shape index (κ1) is 11.9. The van der Waals surface area contributed by atoms with Gasteiger partial charge in [0.25, 0.3) is 0 Å². The highest BCUT2D eigenvalue weighted by Crippen LogP contribution is 2.23. The van der Waals surface area contributed by atoms with Gasteiger partial charge in [-0.2, -0.15) is 5.26 Å². The molecule has 0 aliphatic carbocycles. The second kappa shape index (κ2) is 5.19. The summed E-state index contributed by atoms with van der Waals surface area (Å²) in [5.41, 5.74) is 1.35. The van der Waals surface area contributed by atoms with Crippen molar-refractivity contribution in [2.24, 2.45) is 0 Å². The molecule has 0 aliphatic heterocycles. The lowest BCUT2D eigenvalue weighted by atomic mass is 10.2. The fourth-order valence-electron chi connectivity index (χ4n) is 1.52. The van der Waals surface area contributed by atoms with Crippen molar-refractivity contribution in [1.82, 2.24) is 9.88 Å². The van der Waals surface area contributed by atoms with Gasteiger partial charge in [0.15, 0.2) is 5.76 Å². The van der Waals surface area contributed by atoms with E-state index in [1.165, 1.54) is 0 Å². The van der Waals surface area contributed by atoms with Crippen LogP contribution < -0.4 is 0 Å². The molecule has 2 rings (SSSR count). The van der Waals surface area contributed by atoms with Crippen molar-refractivity contribution in [3.05, 3.63) is 48.6 Å². The summed E-state index contributed by atoms with van der Waals surface area (Å²) in [5, 5.41) is 9.06. The van der Waals surface area contributed by atoms with Gasteiger partial charge in [0, 0.05) is 25.9 Å². The van der Waals surface area contributed by atoms with Crippen molar-refractivity contribution < 1.29 is 4.42 Å². The van der Waals surface area contributed by atoms with E-state index in [0.717, 1.165) is 5.56 Å². The van der Waals surface area contributed by atoms with Gasteiger partial charge in [-0.05, 0) is 0 Å². The summed E-state index contributed by atoms with van der Waals surface area (Å²) in [6.45, 7) is 0. The molecule has 0 spiro atoms. The topological polar surface area (TPSA) is 53.1 Å². The van der Waals surface area contributed by atoms with Crippen LogP contribution >= 0.6 is 0 Å². The van der Waals surface area contributed by atoms with Gasteiger partial charge >= 0.3 is 0 Å². The normalized spacial score (nSPS) is 11.1. The lowest BCUT2D eigenvalue weighted by molar-refractivity contribution is 0.543. The van der Waals surface area contributed by atoms with Gasteiger partial charge in [0.05, 0.1) is 6.20 Å². The summed E-state index contributed by atoms with van der Waals surface area (Å²) < 4.78 is 5.60. The number of oxazole rings is 1. The Hall–Kier alpha value is -2.54. The zero-order chi connectivity index (χ0) is 13.0. The molecule has 0 aliphatic rings. The molecule has 1 heterocycles. The second-order valence-electron chi connectivity index (χ2n) is 4.01. The van der Waals surface area contributed by atoms with Gasteiger partial charge in [-0.25, -0.2) is 4.98 Å². The summed E-state index contributed by atoms with van der Waals surface area (Å²) in [6.07, 6.45) is 3.31. The molecule has 0 bridgehead atoms. The Balaban J connectivity index is 2.34. The molecule has 0 amide bonds. The number of nitriles is 1. The number of aromatic nitrogens is 1. The lowest BCUT2D eigenvalue weighted by Crippen LogP contribution is -2.02. The van der Waals surface area contributed by atoms with Crippen LogP contribution in [0.3, 0.4) is 0 Å². The summed E-state index contributed by atoms with van der Waals surface area (Å²) in [5.74, 6) is 0.996. The first-order valence-electron chi connectivity index (χ1n) is 5.50. The van der Waals surface area contributed by atoms with Gasteiger partial charge in [-0.3, -0.25) is 0 Å². The average Bonchev–Trinajstić information content (AvgIpc) is 2.86. The van der Waals surface area contributed by atoms with Crippen LogP contribution in [-0.4, -0.2) is 24.0 Å². The molecule has 0 N–H and O–H groups in total. The van der Waals surface area contributed by atoms with Crippen LogP contribution in [-0.2, 0) is 0 Å². The third-order valence-electron chi connectivity index (χ3n) is 2.30. The highest BCUT2D eigenvalue weighted by atomic mass is 16.4. The third kappa shape index (κ3) is 2.58. The molecular weight excluding hydrogens is 226 g/mol. The monoisotopic (exact) mass is 239 g/mol. The minimum absolute atomic E-state index is 0.338. The molecule has 0 saturated heterocycles. The summed E-state index contributed by atoms with van der Waals surface area (Å²) in [6, 6.07) is 11.7. The van der Waals surface area contributed by atoms with Crippen molar-refractivity contribution in [3.63, 3.8) is 0 Å².